The molecule has 354 valence electrons. The average Bonchev–Trinajstić information content (AvgIpc) is 3.35. The average molecular weight is 907 g/mol. The fraction of sp³-hybridized carbons (Fsp3) is 0.444. The van der Waals surface area contributed by atoms with Crippen molar-refractivity contribution in [2.24, 2.45) is 0 Å². The topological polar surface area (TPSA) is 111 Å². The SMILES string of the molecule is COCCOCCOCCOCCOCCOCc1ccc(C#Cc2c3ccccc3c(C#Cc3ccc(COCCOCCOCCOCCOCCOC)cc3)c3ccccc23)cc1. The summed E-state index contributed by atoms with van der Waals surface area (Å²) in [7, 11) is 3.30. The molecular weight excluding hydrogens is 841 g/mol. The van der Waals surface area contributed by atoms with Crippen molar-refractivity contribution in [2.45, 2.75) is 13.2 Å². The lowest BCUT2D eigenvalue weighted by Gasteiger charge is -2.10. The summed E-state index contributed by atoms with van der Waals surface area (Å²) in [6, 6.07) is 33.1. The first kappa shape index (κ1) is 52.2. The Hall–Kier alpha value is -4.74. The van der Waals surface area contributed by atoms with Crippen LogP contribution in [0.15, 0.2) is 97.1 Å². The Morgan fingerprint density at radius 1 is 0.273 bits per heavy atom. The van der Waals surface area contributed by atoms with Gasteiger partial charge in [0.1, 0.15) is 0 Å². The predicted molar refractivity (Wildman–Crippen MR) is 256 cm³/mol. The minimum atomic E-state index is 0.496. The van der Waals surface area contributed by atoms with E-state index in [0.29, 0.717) is 145 Å². The molecule has 0 aliphatic carbocycles. The monoisotopic (exact) mass is 906 g/mol. The Labute approximate surface area is 390 Å². The second kappa shape index (κ2) is 33.7. The van der Waals surface area contributed by atoms with E-state index in [1.54, 1.807) is 14.2 Å². The van der Waals surface area contributed by atoms with Gasteiger partial charge in [-0.15, -0.1) is 0 Å². The zero-order valence-corrected chi connectivity index (χ0v) is 38.7. The zero-order chi connectivity index (χ0) is 46.0. The van der Waals surface area contributed by atoms with Gasteiger partial charge in [0.15, 0.2) is 0 Å². The molecule has 0 bridgehead atoms. The van der Waals surface area contributed by atoms with E-state index in [4.69, 9.17) is 56.8 Å². The van der Waals surface area contributed by atoms with Crippen molar-refractivity contribution in [3.05, 3.63) is 130 Å². The van der Waals surface area contributed by atoms with E-state index in [1.165, 1.54) is 0 Å². The van der Waals surface area contributed by atoms with Gasteiger partial charge in [0, 0.05) is 36.5 Å². The molecule has 5 aromatic rings. The highest BCUT2D eigenvalue weighted by Crippen LogP contribution is 2.32. The van der Waals surface area contributed by atoms with Gasteiger partial charge in [0.2, 0.25) is 0 Å². The van der Waals surface area contributed by atoms with E-state index in [-0.39, 0.29) is 0 Å². The maximum atomic E-state index is 5.84. The first-order valence-electron chi connectivity index (χ1n) is 22.7. The van der Waals surface area contributed by atoms with E-state index < -0.39 is 0 Å². The van der Waals surface area contributed by atoms with Crippen LogP contribution in [-0.2, 0) is 70.1 Å². The molecule has 0 atom stereocenters. The fourth-order valence-electron chi connectivity index (χ4n) is 6.46. The van der Waals surface area contributed by atoms with Gasteiger partial charge in [-0.3, -0.25) is 0 Å². The molecule has 0 fully saturated rings. The zero-order valence-electron chi connectivity index (χ0n) is 38.7. The lowest BCUT2D eigenvalue weighted by Crippen LogP contribution is -2.13. The van der Waals surface area contributed by atoms with E-state index in [2.05, 4.69) is 96.5 Å². The molecule has 0 aromatic heterocycles. The van der Waals surface area contributed by atoms with Crippen LogP contribution in [0.4, 0.5) is 0 Å². The summed E-state index contributed by atoms with van der Waals surface area (Å²) < 4.78 is 65.5. The van der Waals surface area contributed by atoms with Gasteiger partial charge in [-0.25, -0.2) is 0 Å². The Balaban J connectivity index is 1.02. The summed E-state index contributed by atoms with van der Waals surface area (Å²) in [5.74, 6) is 13.9. The number of benzene rings is 5. The maximum absolute atomic E-state index is 5.84. The Morgan fingerprint density at radius 2 is 0.515 bits per heavy atom. The summed E-state index contributed by atoms with van der Waals surface area (Å²) in [4.78, 5) is 0. The van der Waals surface area contributed by atoms with Crippen LogP contribution >= 0.6 is 0 Å². The highest BCUT2D eigenvalue weighted by molar-refractivity contribution is 6.09. The largest absolute Gasteiger partial charge is 0.382 e. The summed E-state index contributed by atoms with van der Waals surface area (Å²) in [6.07, 6.45) is 0. The smallest absolute Gasteiger partial charge is 0.0718 e. The van der Waals surface area contributed by atoms with Crippen LogP contribution in [0.2, 0.25) is 0 Å². The molecule has 0 saturated heterocycles. The Morgan fingerprint density at radius 3 is 0.773 bits per heavy atom. The van der Waals surface area contributed by atoms with Crippen molar-refractivity contribution in [3.8, 4) is 23.7 Å². The summed E-state index contributed by atoms with van der Waals surface area (Å²) >= 11 is 0. The van der Waals surface area contributed by atoms with Crippen molar-refractivity contribution in [3.63, 3.8) is 0 Å². The minimum absolute atomic E-state index is 0.496. The lowest BCUT2D eigenvalue weighted by atomic mass is 9.92. The van der Waals surface area contributed by atoms with Crippen molar-refractivity contribution < 1.29 is 56.8 Å². The van der Waals surface area contributed by atoms with Crippen LogP contribution in [0.3, 0.4) is 0 Å². The number of methoxy groups -OCH3 is 2. The van der Waals surface area contributed by atoms with Gasteiger partial charge in [-0.2, -0.15) is 0 Å². The molecule has 12 heteroatoms. The van der Waals surface area contributed by atoms with Crippen LogP contribution in [0.1, 0.15) is 33.4 Å². The lowest BCUT2D eigenvalue weighted by molar-refractivity contribution is -0.0157. The van der Waals surface area contributed by atoms with Crippen LogP contribution in [-0.4, -0.2) is 146 Å². The molecule has 0 saturated carbocycles. The molecule has 0 aliphatic heterocycles. The normalized spacial score (nSPS) is 11.2. The number of ether oxygens (including phenoxy) is 12. The standard InChI is InChI=1S/C54H66O12/c1-55-23-25-57-27-29-59-31-33-61-35-37-63-39-41-65-43-47-15-11-45(12-16-47)19-21-53-49-7-3-5-9-51(49)54(52-10-6-4-8-50(52)53)22-20-46-13-17-48(18-14-46)44-66-42-40-64-38-36-62-34-32-60-30-28-58-26-24-56-2/h3-18H,23-44H2,1-2H3. The van der Waals surface area contributed by atoms with Gasteiger partial charge in [0.05, 0.1) is 145 Å². The van der Waals surface area contributed by atoms with Crippen molar-refractivity contribution in [1.82, 2.24) is 0 Å². The number of hydrogen-bond donors (Lipinski definition) is 0. The minimum Gasteiger partial charge on any atom is -0.382 e. The van der Waals surface area contributed by atoms with Crippen molar-refractivity contribution >= 4 is 21.5 Å². The summed E-state index contributed by atoms with van der Waals surface area (Å²) in [5, 5.41) is 4.28. The number of hydrogen-bond acceptors (Lipinski definition) is 12. The van der Waals surface area contributed by atoms with Gasteiger partial charge >= 0.3 is 0 Å². The molecule has 0 amide bonds. The predicted octanol–water partition coefficient (Wildman–Crippen LogP) is 7.25. The van der Waals surface area contributed by atoms with Gasteiger partial charge in [-0.1, -0.05) is 96.5 Å². The molecule has 0 spiro atoms. The maximum Gasteiger partial charge on any atom is 0.0718 e. The third-order valence-electron chi connectivity index (χ3n) is 9.88. The summed E-state index contributed by atoms with van der Waals surface area (Å²) in [6.45, 7) is 11.6. The first-order valence-corrected chi connectivity index (χ1v) is 22.7. The Bertz CT molecular complexity index is 1970. The molecule has 0 unspecified atom stereocenters. The van der Waals surface area contributed by atoms with Crippen molar-refractivity contribution in [2.75, 3.05) is 146 Å². The van der Waals surface area contributed by atoms with Gasteiger partial charge < -0.3 is 56.8 Å². The molecule has 12 nitrogen and oxygen atoms in total. The van der Waals surface area contributed by atoms with Gasteiger partial charge in [0.25, 0.3) is 0 Å². The van der Waals surface area contributed by atoms with E-state index in [9.17, 15) is 0 Å². The van der Waals surface area contributed by atoms with E-state index in [0.717, 1.165) is 54.9 Å². The van der Waals surface area contributed by atoms with E-state index in [1.807, 2.05) is 24.3 Å². The second-order valence-corrected chi connectivity index (χ2v) is 14.7. The number of fused-ring (bicyclic) bond motifs is 2. The molecule has 0 aliphatic rings. The van der Waals surface area contributed by atoms with Crippen LogP contribution in [0.5, 0.6) is 0 Å². The first-order chi connectivity index (χ1) is 32.8. The third-order valence-corrected chi connectivity index (χ3v) is 9.88. The molecule has 0 N–H and O–H groups in total. The second-order valence-electron chi connectivity index (χ2n) is 14.7. The van der Waals surface area contributed by atoms with Crippen LogP contribution < -0.4 is 0 Å². The third kappa shape index (κ3) is 20.4. The molecule has 0 radical (unpaired) electrons. The highest BCUT2D eigenvalue weighted by Gasteiger charge is 2.11. The molecule has 66 heavy (non-hydrogen) atoms. The highest BCUT2D eigenvalue weighted by atomic mass is 16.6. The van der Waals surface area contributed by atoms with Gasteiger partial charge in [-0.05, 0) is 56.9 Å². The van der Waals surface area contributed by atoms with Crippen molar-refractivity contribution in [1.29, 1.82) is 0 Å². The van der Waals surface area contributed by atoms with E-state index >= 15 is 0 Å². The molecular formula is C54H66O12. The van der Waals surface area contributed by atoms with Crippen LogP contribution in [0, 0.1) is 23.7 Å². The summed E-state index contributed by atoms with van der Waals surface area (Å²) in [5.41, 5.74) is 5.97. The number of rotatable bonds is 34. The Kier molecular flexibility index (Phi) is 26.7. The fourth-order valence-corrected chi connectivity index (χ4v) is 6.46. The van der Waals surface area contributed by atoms with Crippen LogP contribution in [0.25, 0.3) is 21.5 Å². The molecule has 0 heterocycles. The quantitative estimate of drug-likeness (QED) is 0.0236. The molecule has 5 rings (SSSR count). The molecule has 5 aromatic carbocycles.